The Morgan fingerprint density at radius 1 is 0.467 bits per heavy atom. The van der Waals surface area contributed by atoms with Crippen LogP contribution in [0.2, 0.25) is 0 Å². The highest BCUT2D eigenvalue weighted by molar-refractivity contribution is 8.15. The summed E-state index contributed by atoms with van der Waals surface area (Å²) in [6.45, 7) is 0. The first-order valence-corrected chi connectivity index (χ1v) is 17.0. The van der Waals surface area contributed by atoms with Gasteiger partial charge in [-0.1, -0.05) is 71.7 Å². The number of thioether (sulfide) groups is 3. The minimum absolute atomic E-state index is 0.0425. The number of rotatable bonds is 0. The van der Waals surface area contributed by atoms with Crippen LogP contribution < -0.4 is 0 Å². The van der Waals surface area contributed by atoms with Crippen molar-refractivity contribution in [2.75, 3.05) is 0 Å². The Labute approximate surface area is 265 Å². The molecule has 3 aromatic heterocycles. The van der Waals surface area contributed by atoms with E-state index in [-0.39, 0.29) is 31.1 Å². The Hall–Kier alpha value is -4.40. The van der Waals surface area contributed by atoms with Crippen molar-refractivity contribution in [1.29, 1.82) is 0 Å². The zero-order chi connectivity index (χ0) is 29.7. The maximum absolute atomic E-state index is 13.1. The number of nitrogens with one attached hydrogen (secondary N) is 2. The summed E-state index contributed by atoms with van der Waals surface area (Å²) in [6.07, 6.45) is 11.9. The Morgan fingerprint density at radius 3 is 1.60 bits per heavy atom. The van der Waals surface area contributed by atoms with Crippen LogP contribution in [-0.2, 0) is 14.4 Å². The van der Waals surface area contributed by atoms with Gasteiger partial charge < -0.3 is 9.97 Å². The van der Waals surface area contributed by atoms with Crippen molar-refractivity contribution >= 4 is 95.5 Å². The molecule has 14 heteroatoms. The molecule has 2 N–H and O–H groups in total. The van der Waals surface area contributed by atoms with Gasteiger partial charge in [-0.3, -0.25) is 14.4 Å². The van der Waals surface area contributed by atoms with E-state index in [1.165, 1.54) is 35.3 Å². The third-order valence-corrected chi connectivity index (χ3v) is 12.7. The number of allylic oxidation sites excluding steroid dienone is 5. The van der Waals surface area contributed by atoms with Gasteiger partial charge in [0.25, 0.3) is 0 Å². The largest absolute Gasteiger partial charge is 0.325 e. The molecule has 0 amide bonds. The van der Waals surface area contributed by atoms with Crippen LogP contribution >= 0.6 is 35.3 Å². The number of nitrogens with zero attached hydrogens (tertiary/aromatic N) is 6. The summed E-state index contributed by atoms with van der Waals surface area (Å²) in [5.74, 6) is 0.315. The molecule has 0 radical (unpaired) electrons. The molecule has 14 bridgehead atoms. The van der Waals surface area contributed by atoms with Gasteiger partial charge in [0.1, 0.15) is 22.6 Å². The second kappa shape index (κ2) is 8.44. The van der Waals surface area contributed by atoms with E-state index in [0.717, 1.165) is 33.4 Å². The molecule has 11 heterocycles. The van der Waals surface area contributed by atoms with Gasteiger partial charge in [-0.15, -0.1) is 0 Å². The van der Waals surface area contributed by atoms with Gasteiger partial charge in [-0.05, 0) is 12.1 Å². The van der Waals surface area contributed by atoms with Gasteiger partial charge in [0.2, 0.25) is 15.3 Å². The van der Waals surface area contributed by atoms with E-state index >= 15 is 0 Å². The van der Waals surface area contributed by atoms with Gasteiger partial charge >= 0.3 is 0 Å². The number of aromatic nitrogens is 8. The van der Waals surface area contributed by atoms with Crippen LogP contribution in [0.4, 0.5) is 0 Å². The van der Waals surface area contributed by atoms with Crippen LogP contribution in [0, 0.1) is 11.8 Å². The monoisotopic (exact) mass is 644 g/mol. The Kier molecular flexibility index (Phi) is 4.67. The fourth-order valence-corrected chi connectivity index (χ4v) is 10.7. The molecule has 0 spiro atoms. The molecule has 8 aliphatic heterocycles. The van der Waals surface area contributed by atoms with Crippen LogP contribution in [0.1, 0.15) is 45.6 Å². The Balaban J connectivity index is 1.27. The second-order valence-corrected chi connectivity index (χ2v) is 15.1. The zero-order valence-corrected chi connectivity index (χ0v) is 25.2. The minimum Gasteiger partial charge on any atom is -0.325 e. The maximum atomic E-state index is 13.1. The number of H-pyrrole nitrogens is 2. The van der Waals surface area contributed by atoms with Crippen molar-refractivity contribution in [3.05, 3.63) is 83.0 Å². The van der Waals surface area contributed by atoms with E-state index < -0.39 is 17.8 Å². The summed E-state index contributed by atoms with van der Waals surface area (Å²) in [5, 5.41) is -0.516. The van der Waals surface area contributed by atoms with E-state index in [4.69, 9.17) is 29.9 Å². The molecule has 11 nitrogen and oxygen atoms in total. The molecule has 4 unspecified atom stereocenters. The van der Waals surface area contributed by atoms with Gasteiger partial charge in [0.15, 0.2) is 23.3 Å². The molecule has 216 valence electrons. The molecular formula is C31H16N8O3S3. The summed E-state index contributed by atoms with van der Waals surface area (Å²) in [5.41, 5.74) is 7.12. The van der Waals surface area contributed by atoms with Crippen molar-refractivity contribution in [2.45, 2.75) is 21.7 Å². The highest BCUT2D eigenvalue weighted by Gasteiger charge is 2.47. The van der Waals surface area contributed by atoms with Crippen molar-refractivity contribution in [3.63, 3.8) is 0 Å². The first-order valence-electron chi connectivity index (χ1n) is 14.4. The third-order valence-electron chi connectivity index (χ3n) is 9.26. The SMILES string of the molecule is O=C1SC2C=CC1C1=C2c2nc1nc1nc(nc3[nH]c(nc4ccc(n2)[nH]4)c2c3C3C=C[C@H]2C(=O)S3)C2=C1C1C=C[C@H]2C(=O)S1. The highest BCUT2D eigenvalue weighted by atomic mass is 32.2. The number of fused-ring (bicyclic) bond motifs is 11. The fourth-order valence-electron chi connectivity index (χ4n) is 7.36. The maximum Gasteiger partial charge on any atom is 0.201 e. The Bertz CT molecular complexity index is 2380. The molecule has 3 aliphatic carbocycles. The van der Waals surface area contributed by atoms with E-state index in [9.17, 15) is 14.4 Å². The molecule has 45 heavy (non-hydrogen) atoms. The zero-order valence-electron chi connectivity index (χ0n) is 22.7. The lowest BCUT2D eigenvalue weighted by Gasteiger charge is -2.30. The van der Waals surface area contributed by atoms with Gasteiger partial charge in [0.05, 0.1) is 33.5 Å². The quantitative estimate of drug-likeness (QED) is 0.334. The van der Waals surface area contributed by atoms with Gasteiger partial charge in [-0.2, -0.15) is 0 Å². The lowest BCUT2D eigenvalue weighted by atomic mass is 9.87. The van der Waals surface area contributed by atoms with Crippen molar-refractivity contribution in [3.8, 4) is 0 Å². The van der Waals surface area contributed by atoms with Crippen LogP contribution in [0.5, 0.6) is 0 Å². The minimum atomic E-state index is -0.504. The van der Waals surface area contributed by atoms with Crippen molar-refractivity contribution in [1.82, 2.24) is 39.9 Å². The molecule has 0 saturated heterocycles. The lowest BCUT2D eigenvalue weighted by molar-refractivity contribution is -0.112. The molecule has 0 saturated carbocycles. The normalized spacial score (nSPS) is 29.6. The van der Waals surface area contributed by atoms with Crippen molar-refractivity contribution in [2.24, 2.45) is 11.8 Å². The van der Waals surface area contributed by atoms with Crippen LogP contribution in [0.25, 0.3) is 44.9 Å². The number of hydrogen-bond acceptors (Lipinski definition) is 12. The molecular weight excluding hydrogens is 629 g/mol. The van der Waals surface area contributed by atoms with E-state index in [1.807, 2.05) is 48.6 Å². The molecule has 6 atom stereocenters. The van der Waals surface area contributed by atoms with Crippen LogP contribution in [0.15, 0.2) is 48.6 Å². The average molecular weight is 645 g/mol. The first-order chi connectivity index (χ1) is 22.0. The smallest absolute Gasteiger partial charge is 0.201 e. The van der Waals surface area contributed by atoms with Gasteiger partial charge in [0, 0.05) is 33.4 Å². The van der Waals surface area contributed by atoms with Crippen LogP contribution in [-0.4, -0.2) is 65.7 Å². The highest BCUT2D eigenvalue weighted by Crippen LogP contribution is 2.54. The summed E-state index contributed by atoms with van der Waals surface area (Å²) >= 11 is 3.83. The summed E-state index contributed by atoms with van der Waals surface area (Å²) in [4.78, 5) is 75.6. The standard InChI is InChI=1S/C31H16N8O3S3/c40-29-9-1-5-13(44-29)21-17(9)23-33-15-7-8-16(32-15)34-26-20-12-4-2-10(30(41)43-12)18(20)24(36-26)37-28-22-14-6-3-11(31(42)45-14)19(22)25(39-28)38-27(21)35-23/h1-14H,(H2,32,33,34,35,36,37,38,39)/t9-,10?,11-,12?,13?,14?/m1/s1. The number of carbonyl (C=O) groups is 3. The number of hydrogen-bond donors (Lipinski definition) is 2. The van der Waals surface area contributed by atoms with Crippen LogP contribution in [0.3, 0.4) is 0 Å². The number of aromatic amines is 2. The summed E-state index contributed by atoms with van der Waals surface area (Å²) < 4.78 is 0. The van der Waals surface area contributed by atoms with E-state index in [0.29, 0.717) is 45.9 Å². The lowest BCUT2D eigenvalue weighted by Crippen LogP contribution is -2.27. The topological polar surface area (TPSA) is 160 Å². The third kappa shape index (κ3) is 3.23. The summed E-state index contributed by atoms with van der Waals surface area (Å²) in [7, 11) is 0. The van der Waals surface area contributed by atoms with E-state index in [2.05, 4.69) is 9.97 Å². The van der Waals surface area contributed by atoms with Gasteiger partial charge in [-0.25, -0.2) is 29.9 Å². The fraction of sp³-hybridized carbons (Fsp3) is 0.194. The van der Waals surface area contributed by atoms with Crippen molar-refractivity contribution < 1.29 is 14.4 Å². The molecule has 11 aliphatic rings. The van der Waals surface area contributed by atoms with E-state index in [1.54, 1.807) is 0 Å². The average Bonchev–Trinajstić information content (AvgIpc) is 3.81. The molecule has 0 fully saturated rings. The predicted octanol–water partition coefficient (Wildman–Crippen LogP) is 4.34. The molecule has 0 aromatic carbocycles. The number of carbonyl (C=O) groups excluding carboxylic acids is 3. The molecule has 14 rings (SSSR count). The summed E-state index contributed by atoms with van der Waals surface area (Å²) in [6, 6.07) is 3.66. The second-order valence-electron chi connectivity index (χ2n) is 11.7. The first kappa shape index (κ1) is 24.9. The Morgan fingerprint density at radius 2 is 0.956 bits per heavy atom. The predicted molar refractivity (Wildman–Crippen MR) is 171 cm³/mol. The molecule has 3 aromatic rings.